The van der Waals surface area contributed by atoms with Crippen molar-refractivity contribution in [2.24, 2.45) is 0 Å². The van der Waals surface area contributed by atoms with Crippen molar-refractivity contribution in [3.8, 4) is 11.4 Å². The summed E-state index contributed by atoms with van der Waals surface area (Å²) in [6, 6.07) is 11.9. The predicted octanol–water partition coefficient (Wildman–Crippen LogP) is 5.65. The quantitative estimate of drug-likeness (QED) is 0.334. The maximum Gasteiger partial charge on any atom is 0.255 e. The number of rotatable bonds is 8. The lowest BCUT2D eigenvalue weighted by molar-refractivity contribution is -0.136. The number of piperidine rings is 1. The molecule has 2 amide bonds. The molecule has 0 bridgehead atoms. The molecular formula is C25H25BrCl2N4O4. The van der Waals surface area contributed by atoms with Crippen LogP contribution in [0.3, 0.4) is 0 Å². The monoisotopic (exact) mass is 594 g/mol. The Morgan fingerprint density at radius 1 is 1.19 bits per heavy atom. The molecule has 4 rings (SSSR count). The van der Waals surface area contributed by atoms with Gasteiger partial charge in [-0.2, -0.15) is 4.98 Å². The van der Waals surface area contributed by atoms with Crippen LogP contribution in [0.5, 0.6) is 0 Å². The van der Waals surface area contributed by atoms with Crippen molar-refractivity contribution in [3.05, 3.63) is 68.4 Å². The first-order valence-electron chi connectivity index (χ1n) is 11.5. The second kappa shape index (κ2) is 12.2. The number of carbonyl (C=O) groups is 2. The van der Waals surface area contributed by atoms with Crippen LogP contribution in [0, 0.1) is 0 Å². The molecule has 2 heterocycles. The molecule has 1 atom stereocenters. The molecule has 36 heavy (non-hydrogen) atoms. The van der Waals surface area contributed by atoms with E-state index in [0.717, 1.165) is 22.9 Å². The maximum absolute atomic E-state index is 13.5. The van der Waals surface area contributed by atoms with Crippen molar-refractivity contribution in [1.82, 2.24) is 19.9 Å². The van der Waals surface area contributed by atoms with Gasteiger partial charge in [-0.1, -0.05) is 44.3 Å². The SMILES string of the molecule is COCCN(CC(=O)N1CCCCC1c1nc(-c2ccc(Br)cc2)no1)C(=O)c1ccc(Cl)cc1Cl. The van der Waals surface area contributed by atoms with Gasteiger partial charge in [-0.15, -0.1) is 0 Å². The molecule has 0 radical (unpaired) electrons. The van der Waals surface area contributed by atoms with Crippen LogP contribution in [-0.4, -0.2) is 65.1 Å². The average molecular weight is 596 g/mol. The van der Waals surface area contributed by atoms with Crippen molar-refractivity contribution in [2.45, 2.75) is 25.3 Å². The Kier molecular flexibility index (Phi) is 9.00. The molecule has 0 saturated carbocycles. The van der Waals surface area contributed by atoms with Gasteiger partial charge in [0.05, 0.1) is 17.2 Å². The van der Waals surface area contributed by atoms with E-state index in [0.29, 0.717) is 29.7 Å². The van der Waals surface area contributed by atoms with Gasteiger partial charge in [0.25, 0.3) is 5.91 Å². The number of ether oxygens (including phenoxy) is 1. The summed E-state index contributed by atoms with van der Waals surface area (Å²) in [5.74, 6) is 0.268. The third-order valence-electron chi connectivity index (χ3n) is 5.99. The zero-order chi connectivity index (χ0) is 25.7. The number of amides is 2. The zero-order valence-corrected chi connectivity index (χ0v) is 22.7. The highest BCUT2D eigenvalue weighted by molar-refractivity contribution is 9.10. The van der Waals surface area contributed by atoms with E-state index < -0.39 is 0 Å². The first-order chi connectivity index (χ1) is 17.4. The van der Waals surface area contributed by atoms with Gasteiger partial charge in [0.2, 0.25) is 17.6 Å². The molecule has 1 aromatic heterocycles. The molecule has 8 nitrogen and oxygen atoms in total. The van der Waals surface area contributed by atoms with Gasteiger partial charge >= 0.3 is 0 Å². The van der Waals surface area contributed by atoms with Crippen LogP contribution in [0.2, 0.25) is 10.0 Å². The van der Waals surface area contributed by atoms with Crippen molar-refractivity contribution in [1.29, 1.82) is 0 Å². The van der Waals surface area contributed by atoms with Gasteiger partial charge in [-0.05, 0) is 61.7 Å². The maximum atomic E-state index is 13.5. The lowest BCUT2D eigenvalue weighted by Crippen LogP contribution is -2.47. The third-order valence-corrected chi connectivity index (χ3v) is 7.07. The highest BCUT2D eigenvalue weighted by atomic mass is 79.9. The third kappa shape index (κ3) is 6.26. The Morgan fingerprint density at radius 2 is 1.97 bits per heavy atom. The van der Waals surface area contributed by atoms with Gasteiger partial charge in [0.1, 0.15) is 12.6 Å². The number of hydrogen-bond acceptors (Lipinski definition) is 6. The Bertz CT molecular complexity index is 1220. The minimum atomic E-state index is -0.369. The molecule has 1 fully saturated rings. The summed E-state index contributed by atoms with van der Waals surface area (Å²) in [6.45, 7) is 0.902. The highest BCUT2D eigenvalue weighted by Gasteiger charge is 2.34. The second-order valence-electron chi connectivity index (χ2n) is 8.41. The van der Waals surface area contributed by atoms with Crippen LogP contribution < -0.4 is 0 Å². The molecule has 190 valence electrons. The first-order valence-corrected chi connectivity index (χ1v) is 13.0. The second-order valence-corrected chi connectivity index (χ2v) is 10.2. The summed E-state index contributed by atoms with van der Waals surface area (Å²) in [4.78, 5) is 34.5. The molecule has 1 saturated heterocycles. The number of likely N-dealkylation sites (tertiary alicyclic amines) is 1. The van der Waals surface area contributed by atoms with Gasteiger partial charge in [0.15, 0.2) is 0 Å². The molecule has 3 aromatic rings. The van der Waals surface area contributed by atoms with Crippen LogP contribution in [0.1, 0.15) is 41.6 Å². The van der Waals surface area contributed by atoms with Crippen LogP contribution >= 0.6 is 39.1 Å². The van der Waals surface area contributed by atoms with E-state index in [2.05, 4.69) is 26.1 Å². The van der Waals surface area contributed by atoms with Crippen molar-refractivity contribution in [2.75, 3.05) is 33.4 Å². The van der Waals surface area contributed by atoms with Gasteiger partial charge in [-0.3, -0.25) is 9.59 Å². The smallest absolute Gasteiger partial charge is 0.255 e. The lowest BCUT2D eigenvalue weighted by Gasteiger charge is -2.35. The van der Waals surface area contributed by atoms with Crippen molar-refractivity contribution in [3.63, 3.8) is 0 Å². The summed E-state index contributed by atoms with van der Waals surface area (Å²) in [5.41, 5.74) is 1.09. The molecule has 1 unspecified atom stereocenters. The molecule has 11 heteroatoms. The van der Waals surface area contributed by atoms with Crippen LogP contribution in [0.4, 0.5) is 0 Å². The molecule has 0 N–H and O–H groups in total. The summed E-state index contributed by atoms with van der Waals surface area (Å²) >= 11 is 15.7. The minimum absolute atomic E-state index is 0.134. The fourth-order valence-corrected chi connectivity index (χ4v) is 4.87. The minimum Gasteiger partial charge on any atom is -0.383 e. The normalized spacial score (nSPS) is 15.7. The van der Waals surface area contributed by atoms with Gasteiger partial charge < -0.3 is 19.1 Å². The number of nitrogens with zero attached hydrogens (tertiary/aromatic N) is 4. The van der Waals surface area contributed by atoms with Crippen LogP contribution in [0.25, 0.3) is 11.4 Å². The highest BCUT2D eigenvalue weighted by Crippen LogP contribution is 2.32. The fourth-order valence-electron chi connectivity index (χ4n) is 4.11. The Balaban J connectivity index is 1.53. The van der Waals surface area contributed by atoms with Crippen molar-refractivity contribution < 1.29 is 18.8 Å². The molecular weight excluding hydrogens is 571 g/mol. The molecule has 1 aliphatic heterocycles. The Hall–Kier alpha value is -2.46. The van der Waals surface area contributed by atoms with E-state index in [1.807, 2.05) is 24.3 Å². The zero-order valence-electron chi connectivity index (χ0n) is 19.6. The van der Waals surface area contributed by atoms with E-state index in [1.165, 1.54) is 11.0 Å². The standard InChI is InChI=1S/C25H25BrCl2N4O4/c1-35-13-12-31(25(34)19-10-9-18(27)14-20(19)28)15-22(33)32-11-3-2-4-21(32)24-29-23(30-36-24)16-5-7-17(26)8-6-16/h5-10,14,21H,2-4,11-13,15H2,1H3. The Morgan fingerprint density at radius 3 is 2.69 bits per heavy atom. The van der Waals surface area contributed by atoms with Crippen molar-refractivity contribution >= 4 is 50.9 Å². The van der Waals surface area contributed by atoms with E-state index in [9.17, 15) is 9.59 Å². The van der Waals surface area contributed by atoms with Crippen LogP contribution in [-0.2, 0) is 9.53 Å². The van der Waals surface area contributed by atoms with Gasteiger partial charge in [-0.25, -0.2) is 0 Å². The van der Waals surface area contributed by atoms with E-state index >= 15 is 0 Å². The summed E-state index contributed by atoms with van der Waals surface area (Å²) in [5, 5.41) is 4.78. The number of methoxy groups -OCH3 is 1. The number of halogens is 3. The molecule has 0 aliphatic carbocycles. The van der Waals surface area contributed by atoms with E-state index in [4.69, 9.17) is 32.5 Å². The topological polar surface area (TPSA) is 88.8 Å². The fraction of sp³-hybridized carbons (Fsp3) is 0.360. The summed E-state index contributed by atoms with van der Waals surface area (Å²) in [7, 11) is 1.54. The number of hydrogen-bond donors (Lipinski definition) is 0. The predicted molar refractivity (Wildman–Crippen MR) is 140 cm³/mol. The molecule has 2 aromatic carbocycles. The first kappa shape index (κ1) is 26.6. The van der Waals surface area contributed by atoms with Gasteiger partial charge in [0, 0.05) is 35.3 Å². The molecule has 1 aliphatic rings. The van der Waals surface area contributed by atoms with E-state index in [-0.39, 0.29) is 48.1 Å². The lowest BCUT2D eigenvalue weighted by atomic mass is 10.0. The number of aromatic nitrogens is 2. The van der Waals surface area contributed by atoms with Crippen LogP contribution in [0.15, 0.2) is 51.5 Å². The summed E-state index contributed by atoms with van der Waals surface area (Å²) < 4.78 is 11.7. The Labute approximate surface area is 227 Å². The summed E-state index contributed by atoms with van der Waals surface area (Å²) in [6.07, 6.45) is 2.48. The number of benzene rings is 2. The van der Waals surface area contributed by atoms with E-state index in [1.54, 1.807) is 24.1 Å². The largest absolute Gasteiger partial charge is 0.383 e. The average Bonchev–Trinajstić information content (AvgIpc) is 3.36. The molecule has 0 spiro atoms. The number of carbonyl (C=O) groups excluding carboxylic acids is 2.